The second-order valence-electron chi connectivity index (χ2n) is 5.64. The van der Waals surface area contributed by atoms with Crippen LogP contribution in [0.4, 0.5) is 0 Å². The number of aliphatic hydroxyl groups is 2. The number of hydrogen-bond acceptors (Lipinski definition) is 3. The summed E-state index contributed by atoms with van der Waals surface area (Å²) >= 11 is 0. The van der Waals surface area contributed by atoms with Crippen molar-refractivity contribution in [3.05, 3.63) is 29.3 Å². The fraction of sp³-hybridized carbons (Fsp3) is 0.625. The van der Waals surface area contributed by atoms with Gasteiger partial charge in [-0.3, -0.25) is 0 Å². The van der Waals surface area contributed by atoms with E-state index < -0.39 is 12.2 Å². The number of aliphatic hydroxyl groups excluding tert-OH is 2. The van der Waals surface area contributed by atoms with Crippen LogP contribution < -0.4 is 4.74 Å². The number of hydrogen-bond donors (Lipinski definition) is 2. The Hall–Kier alpha value is -1.06. The molecule has 0 fully saturated rings. The van der Waals surface area contributed by atoms with Gasteiger partial charge in [-0.05, 0) is 55.9 Å². The van der Waals surface area contributed by atoms with Crippen molar-refractivity contribution < 1.29 is 14.9 Å². The van der Waals surface area contributed by atoms with Gasteiger partial charge in [-0.2, -0.15) is 0 Å². The van der Waals surface area contributed by atoms with Gasteiger partial charge >= 0.3 is 0 Å². The second-order valence-corrected chi connectivity index (χ2v) is 5.64. The Balaban J connectivity index is 2.57. The summed E-state index contributed by atoms with van der Waals surface area (Å²) in [5.41, 5.74) is 2.36. The summed E-state index contributed by atoms with van der Waals surface area (Å²) in [6.45, 7) is 8.63. The van der Waals surface area contributed by atoms with Gasteiger partial charge in [0.1, 0.15) is 5.75 Å². The minimum Gasteiger partial charge on any atom is -0.493 e. The molecule has 1 aromatic carbocycles. The maximum absolute atomic E-state index is 9.60. The van der Waals surface area contributed by atoms with E-state index in [1.807, 2.05) is 25.1 Å². The van der Waals surface area contributed by atoms with Crippen molar-refractivity contribution in [3.63, 3.8) is 0 Å². The highest BCUT2D eigenvalue weighted by Gasteiger charge is 2.11. The Morgan fingerprint density at radius 1 is 1.16 bits per heavy atom. The lowest BCUT2D eigenvalue weighted by atomic mass is 10.00. The Bertz CT molecular complexity index is 386. The molecule has 1 aromatic rings. The normalized spacial score (nSPS) is 14.5. The van der Waals surface area contributed by atoms with Crippen molar-refractivity contribution >= 4 is 0 Å². The average molecular weight is 266 g/mol. The number of benzene rings is 1. The van der Waals surface area contributed by atoms with Crippen molar-refractivity contribution in [1.82, 2.24) is 0 Å². The summed E-state index contributed by atoms with van der Waals surface area (Å²) < 4.78 is 5.68. The molecule has 0 aliphatic heterocycles. The zero-order valence-electron chi connectivity index (χ0n) is 12.4. The molecule has 0 spiro atoms. The minimum atomic E-state index is -0.672. The first-order chi connectivity index (χ1) is 8.90. The van der Waals surface area contributed by atoms with Gasteiger partial charge in [0.25, 0.3) is 0 Å². The zero-order valence-corrected chi connectivity index (χ0v) is 12.4. The van der Waals surface area contributed by atoms with Crippen molar-refractivity contribution in [1.29, 1.82) is 0 Å². The molecule has 108 valence electrons. The quantitative estimate of drug-likeness (QED) is 0.798. The number of rotatable bonds is 7. The third-order valence-corrected chi connectivity index (χ3v) is 3.16. The molecule has 1 rings (SSSR count). The molecule has 0 radical (unpaired) electrons. The molecule has 0 saturated heterocycles. The third-order valence-electron chi connectivity index (χ3n) is 3.16. The smallest absolute Gasteiger partial charge is 0.119 e. The topological polar surface area (TPSA) is 49.7 Å². The zero-order chi connectivity index (χ0) is 14.4. The summed E-state index contributed by atoms with van der Waals surface area (Å²) in [6.07, 6.45) is 0.0118. The van der Waals surface area contributed by atoms with Crippen LogP contribution in [0.3, 0.4) is 0 Å². The number of aryl methyl sites for hydroxylation is 2. The van der Waals surface area contributed by atoms with Crippen LogP contribution in [-0.4, -0.2) is 29.0 Å². The van der Waals surface area contributed by atoms with Crippen LogP contribution in [0.2, 0.25) is 0 Å². The van der Waals surface area contributed by atoms with E-state index in [4.69, 9.17) is 4.74 Å². The summed E-state index contributed by atoms with van der Waals surface area (Å²) in [6, 6.07) is 6.05. The van der Waals surface area contributed by atoms with E-state index in [1.54, 1.807) is 6.92 Å². The Kier molecular flexibility index (Phi) is 6.32. The Morgan fingerprint density at radius 2 is 1.84 bits per heavy atom. The van der Waals surface area contributed by atoms with Crippen molar-refractivity contribution in [2.75, 3.05) is 6.61 Å². The van der Waals surface area contributed by atoms with Crippen molar-refractivity contribution in [2.24, 2.45) is 5.92 Å². The first-order valence-electron chi connectivity index (χ1n) is 6.98. The van der Waals surface area contributed by atoms with Crippen LogP contribution in [0, 0.1) is 12.8 Å². The number of ether oxygens (including phenoxy) is 1. The summed E-state index contributed by atoms with van der Waals surface area (Å²) in [4.78, 5) is 0. The molecule has 0 saturated carbocycles. The molecule has 2 unspecified atom stereocenters. The van der Waals surface area contributed by atoms with E-state index in [9.17, 15) is 10.2 Å². The fourth-order valence-electron chi connectivity index (χ4n) is 1.85. The molecule has 3 nitrogen and oxygen atoms in total. The van der Waals surface area contributed by atoms with Gasteiger partial charge < -0.3 is 14.9 Å². The molecule has 0 bridgehead atoms. The first-order valence-corrected chi connectivity index (χ1v) is 6.98. The van der Waals surface area contributed by atoms with E-state index in [0.717, 1.165) is 18.8 Å². The first kappa shape index (κ1) is 16.0. The van der Waals surface area contributed by atoms with Gasteiger partial charge in [0.2, 0.25) is 0 Å². The molecular formula is C16H26O3. The van der Waals surface area contributed by atoms with E-state index in [0.29, 0.717) is 12.3 Å². The lowest BCUT2D eigenvalue weighted by Gasteiger charge is -2.15. The predicted octanol–water partition coefficient (Wildman–Crippen LogP) is 2.70. The van der Waals surface area contributed by atoms with Gasteiger partial charge in [-0.1, -0.05) is 19.9 Å². The summed E-state index contributed by atoms with van der Waals surface area (Å²) in [5, 5.41) is 18.9. The molecule has 0 aliphatic carbocycles. The van der Waals surface area contributed by atoms with Gasteiger partial charge in [0.15, 0.2) is 0 Å². The maximum atomic E-state index is 9.60. The standard InChI is InChI=1S/C16H26O3/c1-11(2)10-19-15-7-5-14(12(3)9-15)6-8-16(18)13(4)17/h5,7,9,11,13,16-18H,6,8,10H2,1-4H3. The SMILES string of the molecule is Cc1cc(OCC(C)C)ccc1CCC(O)C(C)O. The van der Waals surface area contributed by atoms with Crippen LogP contribution in [0.25, 0.3) is 0 Å². The lowest BCUT2D eigenvalue weighted by molar-refractivity contribution is 0.0265. The predicted molar refractivity (Wildman–Crippen MR) is 77.5 cm³/mol. The second kappa shape index (κ2) is 7.51. The van der Waals surface area contributed by atoms with Crippen molar-refractivity contribution in [2.45, 2.75) is 52.7 Å². The van der Waals surface area contributed by atoms with Crippen LogP contribution in [0.1, 0.15) is 38.3 Å². The van der Waals surface area contributed by atoms with Crippen LogP contribution in [-0.2, 0) is 6.42 Å². The van der Waals surface area contributed by atoms with E-state index >= 15 is 0 Å². The summed E-state index contributed by atoms with van der Waals surface area (Å²) in [5.74, 6) is 1.41. The van der Waals surface area contributed by atoms with E-state index in [2.05, 4.69) is 13.8 Å². The molecule has 0 amide bonds. The molecule has 19 heavy (non-hydrogen) atoms. The molecule has 0 aromatic heterocycles. The van der Waals surface area contributed by atoms with Crippen LogP contribution in [0.15, 0.2) is 18.2 Å². The highest BCUT2D eigenvalue weighted by molar-refractivity contribution is 5.34. The van der Waals surface area contributed by atoms with Crippen molar-refractivity contribution in [3.8, 4) is 5.75 Å². The van der Waals surface area contributed by atoms with Crippen LogP contribution >= 0.6 is 0 Å². The monoisotopic (exact) mass is 266 g/mol. The maximum Gasteiger partial charge on any atom is 0.119 e. The summed E-state index contributed by atoms with van der Waals surface area (Å²) in [7, 11) is 0. The van der Waals surface area contributed by atoms with E-state index in [1.165, 1.54) is 11.1 Å². The lowest BCUT2D eigenvalue weighted by Crippen LogP contribution is -2.22. The van der Waals surface area contributed by atoms with Gasteiger partial charge in [-0.15, -0.1) is 0 Å². The Labute approximate surface area is 116 Å². The largest absolute Gasteiger partial charge is 0.493 e. The molecule has 2 atom stereocenters. The molecule has 0 aliphatic rings. The van der Waals surface area contributed by atoms with Gasteiger partial charge in [0.05, 0.1) is 18.8 Å². The molecule has 0 heterocycles. The minimum absolute atomic E-state index is 0.515. The van der Waals surface area contributed by atoms with E-state index in [-0.39, 0.29) is 0 Å². The molecule has 3 heteroatoms. The van der Waals surface area contributed by atoms with Gasteiger partial charge in [-0.25, -0.2) is 0 Å². The fourth-order valence-corrected chi connectivity index (χ4v) is 1.85. The molecule has 2 N–H and O–H groups in total. The highest BCUT2D eigenvalue weighted by Crippen LogP contribution is 2.20. The highest BCUT2D eigenvalue weighted by atomic mass is 16.5. The van der Waals surface area contributed by atoms with Crippen LogP contribution in [0.5, 0.6) is 5.75 Å². The average Bonchev–Trinajstić information content (AvgIpc) is 2.34. The third kappa shape index (κ3) is 5.62. The molecular weight excluding hydrogens is 240 g/mol. The van der Waals surface area contributed by atoms with Gasteiger partial charge in [0, 0.05) is 0 Å². The Morgan fingerprint density at radius 3 is 2.37 bits per heavy atom.